The minimum absolute atomic E-state index is 0.0487. The maximum absolute atomic E-state index is 12.0. The molecule has 0 fully saturated rings. The van der Waals surface area contributed by atoms with E-state index in [9.17, 15) is 4.79 Å². The van der Waals surface area contributed by atoms with Gasteiger partial charge in [-0.2, -0.15) is 5.10 Å². The minimum Gasteiger partial charge on any atom is -0.472 e. The lowest BCUT2D eigenvalue weighted by Gasteiger charge is -2.15. The summed E-state index contributed by atoms with van der Waals surface area (Å²) in [4.78, 5) is 13.6. The number of aryl methyl sites for hydroxylation is 1. The Labute approximate surface area is 93.1 Å². The highest BCUT2D eigenvalue weighted by Gasteiger charge is 2.15. The molecule has 0 atom stereocenters. The van der Waals surface area contributed by atoms with E-state index >= 15 is 0 Å². The number of amides is 1. The van der Waals surface area contributed by atoms with Crippen LogP contribution in [0.5, 0.6) is 0 Å². The molecule has 1 N–H and O–H groups in total. The lowest BCUT2D eigenvalue weighted by molar-refractivity contribution is 0.0784. The molecule has 0 unspecified atom stereocenters. The van der Waals surface area contributed by atoms with E-state index in [4.69, 9.17) is 4.42 Å². The molecule has 5 nitrogen and oxygen atoms in total. The third-order valence-corrected chi connectivity index (χ3v) is 2.41. The smallest absolute Gasteiger partial charge is 0.257 e. The van der Waals surface area contributed by atoms with Crippen LogP contribution in [0.2, 0.25) is 0 Å². The Kier molecular flexibility index (Phi) is 2.76. The summed E-state index contributed by atoms with van der Waals surface area (Å²) in [5, 5.41) is 6.58. The molecule has 2 aromatic heterocycles. The van der Waals surface area contributed by atoms with Gasteiger partial charge >= 0.3 is 0 Å². The van der Waals surface area contributed by atoms with Gasteiger partial charge in [0.15, 0.2) is 0 Å². The second-order valence-corrected chi connectivity index (χ2v) is 3.70. The maximum atomic E-state index is 12.0. The quantitative estimate of drug-likeness (QED) is 0.852. The number of carbonyl (C=O) groups excluding carboxylic acids is 1. The number of hydrogen-bond donors (Lipinski definition) is 1. The average molecular weight is 219 g/mol. The predicted octanol–water partition coefficient (Wildman–Crippen LogP) is 1.58. The normalized spacial score (nSPS) is 10.4. The first kappa shape index (κ1) is 10.5. The molecule has 0 aliphatic rings. The summed E-state index contributed by atoms with van der Waals surface area (Å²) in [5.74, 6) is -0.0487. The molecule has 0 spiro atoms. The van der Waals surface area contributed by atoms with Crippen molar-refractivity contribution in [2.45, 2.75) is 13.5 Å². The van der Waals surface area contributed by atoms with Gasteiger partial charge in [0.05, 0.1) is 24.3 Å². The van der Waals surface area contributed by atoms with Gasteiger partial charge in [-0.1, -0.05) is 0 Å². The molecule has 0 aliphatic heterocycles. The Morgan fingerprint density at radius 1 is 1.62 bits per heavy atom. The molecule has 2 aromatic rings. The first-order valence-corrected chi connectivity index (χ1v) is 4.95. The van der Waals surface area contributed by atoms with Gasteiger partial charge in [0.2, 0.25) is 0 Å². The van der Waals surface area contributed by atoms with Crippen LogP contribution in [0.1, 0.15) is 21.6 Å². The summed E-state index contributed by atoms with van der Waals surface area (Å²) in [6.45, 7) is 2.35. The fourth-order valence-electron chi connectivity index (χ4n) is 1.50. The average Bonchev–Trinajstić information content (AvgIpc) is 2.88. The van der Waals surface area contributed by atoms with Crippen molar-refractivity contribution in [1.29, 1.82) is 0 Å². The van der Waals surface area contributed by atoms with Crippen LogP contribution in [0, 0.1) is 6.92 Å². The number of aromatic nitrogens is 2. The zero-order chi connectivity index (χ0) is 11.5. The van der Waals surface area contributed by atoms with Crippen molar-refractivity contribution in [3.05, 3.63) is 41.6 Å². The van der Waals surface area contributed by atoms with E-state index in [2.05, 4.69) is 10.2 Å². The second-order valence-electron chi connectivity index (χ2n) is 3.70. The van der Waals surface area contributed by atoms with E-state index in [0.29, 0.717) is 12.1 Å². The highest BCUT2D eigenvalue weighted by molar-refractivity contribution is 5.94. The van der Waals surface area contributed by atoms with E-state index in [1.807, 2.05) is 13.0 Å². The van der Waals surface area contributed by atoms with Crippen molar-refractivity contribution < 1.29 is 9.21 Å². The van der Waals surface area contributed by atoms with Crippen LogP contribution < -0.4 is 0 Å². The Morgan fingerprint density at radius 3 is 3.00 bits per heavy atom. The molecule has 16 heavy (non-hydrogen) atoms. The highest BCUT2D eigenvalue weighted by Crippen LogP contribution is 2.10. The molecule has 2 rings (SSSR count). The Balaban J connectivity index is 2.08. The van der Waals surface area contributed by atoms with Gasteiger partial charge in [0.25, 0.3) is 5.91 Å². The third kappa shape index (κ3) is 1.98. The standard InChI is InChI=1S/C11H13N3O2/c1-8-10(5-12-13-8)11(15)14(2)6-9-3-4-16-7-9/h3-5,7H,6H2,1-2H3,(H,12,13). The van der Waals surface area contributed by atoms with Gasteiger partial charge in [0.1, 0.15) is 0 Å². The van der Waals surface area contributed by atoms with Gasteiger partial charge in [-0.15, -0.1) is 0 Å². The SMILES string of the molecule is Cc1[nH]ncc1C(=O)N(C)Cc1ccoc1. The molecule has 0 saturated carbocycles. The number of hydrogen-bond acceptors (Lipinski definition) is 3. The third-order valence-electron chi connectivity index (χ3n) is 2.41. The van der Waals surface area contributed by atoms with Crippen molar-refractivity contribution in [3.63, 3.8) is 0 Å². The summed E-state index contributed by atoms with van der Waals surface area (Å²) in [6, 6.07) is 1.84. The maximum Gasteiger partial charge on any atom is 0.257 e. The van der Waals surface area contributed by atoms with Crippen molar-refractivity contribution in [2.24, 2.45) is 0 Å². The van der Waals surface area contributed by atoms with Crippen molar-refractivity contribution in [2.75, 3.05) is 7.05 Å². The van der Waals surface area contributed by atoms with Crippen molar-refractivity contribution >= 4 is 5.91 Å². The van der Waals surface area contributed by atoms with Gasteiger partial charge in [-0.25, -0.2) is 0 Å². The molecule has 2 heterocycles. The fraction of sp³-hybridized carbons (Fsp3) is 0.273. The first-order chi connectivity index (χ1) is 7.68. The van der Waals surface area contributed by atoms with E-state index < -0.39 is 0 Å². The van der Waals surface area contributed by atoms with Crippen LogP contribution in [0.25, 0.3) is 0 Å². The number of carbonyl (C=O) groups is 1. The summed E-state index contributed by atoms with van der Waals surface area (Å²) in [5.41, 5.74) is 2.35. The molecule has 0 saturated heterocycles. The summed E-state index contributed by atoms with van der Waals surface area (Å²) >= 11 is 0. The van der Waals surface area contributed by atoms with Crippen LogP contribution >= 0.6 is 0 Å². The molecule has 84 valence electrons. The van der Waals surface area contributed by atoms with Crippen LogP contribution in [-0.2, 0) is 6.54 Å². The highest BCUT2D eigenvalue weighted by atomic mass is 16.3. The molecule has 5 heteroatoms. The Hall–Kier alpha value is -2.04. The fourth-order valence-corrected chi connectivity index (χ4v) is 1.50. The van der Waals surface area contributed by atoms with Crippen LogP contribution in [0.3, 0.4) is 0 Å². The zero-order valence-electron chi connectivity index (χ0n) is 9.23. The molecule has 0 radical (unpaired) electrons. The monoisotopic (exact) mass is 219 g/mol. The van der Waals surface area contributed by atoms with E-state index in [0.717, 1.165) is 11.3 Å². The molecule has 0 bridgehead atoms. The first-order valence-electron chi connectivity index (χ1n) is 4.95. The number of aromatic amines is 1. The number of furan rings is 1. The van der Waals surface area contributed by atoms with Gasteiger partial charge in [0, 0.05) is 24.8 Å². The number of H-pyrrole nitrogens is 1. The van der Waals surface area contributed by atoms with Gasteiger partial charge in [-0.3, -0.25) is 9.89 Å². The minimum atomic E-state index is -0.0487. The predicted molar refractivity (Wildman–Crippen MR) is 57.8 cm³/mol. The van der Waals surface area contributed by atoms with Crippen molar-refractivity contribution in [3.8, 4) is 0 Å². The largest absolute Gasteiger partial charge is 0.472 e. The second kappa shape index (κ2) is 4.22. The summed E-state index contributed by atoms with van der Waals surface area (Å²) < 4.78 is 4.95. The number of rotatable bonds is 3. The van der Waals surface area contributed by atoms with Crippen LogP contribution in [-0.4, -0.2) is 28.1 Å². The van der Waals surface area contributed by atoms with Crippen molar-refractivity contribution in [1.82, 2.24) is 15.1 Å². The van der Waals surface area contributed by atoms with Gasteiger partial charge < -0.3 is 9.32 Å². The number of nitrogens with one attached hydrogen (secondary N) is 1. The molecule has 0 aliphatic carbocycles. The van der Waals surface area contributed by atoms with E-state index in [1.165, 1.54) is 0 Å². The van der Waals surface area contributed by atoms with E-state index in [-0.39, 0.29) is 5.91 Å². The van der Waals surface area contributed by atoms with Crippen LogP contribution in [0.4, 0.5) is 0 Å². The van der Waals surface area contributed by atoms with E-state index in [1.54, 1.807) is 30.7 Å². The Morgan fingerprint density at radius 2 is 2.44 bits per heavy atom. The molecule has 0 aromatic carbocycles. The topological polar surface area (TPSA) is 62.1 Å². The molecular weight excluding hydrogens is 206 g/mol. The zero-order valence-corrected chi connectivity index (χ0v) is 9.23. The Bertz CT molecular complexity index is 473. The lowest BCUT2D eigenvalue weighted by Crippen LogP contribution is -2.26. The lowest BCUT2D eigenvalue weighted by atomic mass is 10.2. The summed E-state index contributed by atoms with van der Waals surface area (Å²) in [7, 11) is 1.75. The van der Waals surface area contributed by atoms with Crippen LogP contribution in [0.15, 0.2) is 29.2 Å². The molecule has 1 amide bonds. The van der Waals surface area contributed by atoms with Gasteiger partial charge in [-0.05, 0) is 13.0 Å². The number of nitrogens with zero attached hydrogens (tertiary/aromatic N) is 2. The molecular formula is C11H13N3O2. The summed E-state index contributed by atoms with van der Waals surface area (Å²) in [6.07, 6.45) is 4.77.